The van der Waals surface area contributed by atoms with Gasteiger partial charge >= 0.3 is 0 Å². The van der Waals surface area contributed by atoms with Crippen LogP contribution in [0.15, 0.2) is 120 Å². The summed E-state index contributed by atoms with van der Waals surface area (Å²) in [6.45, 7) is 5.69. The molecule has 0 fully saturated rings. The van der Waals surface area contributed by atoms with E-state index in [1.165, 1.54) is 0 Å². The molecule has 0 N–H and O–H groups in total. The zero-order chi connectivity index (χ0) is 31.2. The molecule has 0 saturated heterocycles. The third kappa shape index (κ3) is 5.79. The first kappa shape index (κ1) is 26.9. The number of pyridine rings is 3. The Morgan fingerprint density at radius 3 is 2.43 bits per heavy atom. The van der Waals surface area contributed by atoms with Crippen LogP contribution in [0.2, 0.25) is 0 Å². The van der Waals surface area contributed by atoms with E-state index in [1.807, 2.05) is 128 Å². The Labute approximate surface area is 272 Å². The van der Waals surface area contributed by atoms with Gasteiger partial charge in [0.2, 0.25) is 0 Å². The van der Waals surface area contributed by atoms with Gasteiger partial charge in [-0.15, -0.1) is 53.6 Å². The first-order valence-electron chi connectivity index (χ1n) is 15.2. The minimum atomic E-state index is -1.50. The van der Waals surface area contributed by atoms with Gasteiger partial charge in [0.25, 0.3) is 0 Å². The number of hydrogen-bond donors (Lipinski definition) is 0. The first-order chi connectivity index (χ1) is 21.7. The second-order valence-electron chi connectivity index (χ2n) is 11.3. The molecule has 1 radical (unpaired) electrons. The molecular weight excluding hydrogens is 721 g/mol. The van der Waals surface area contributed by atoms with Crippen LogP contribution in [-0.4, -0.2) is 19.4 Å². The van der Waals surface area contributed by atoms with Crippen molar-refractivity contribution in [2.75, 3.05) is 0 Å². The molecule has 0 aliphatic heterocycles. The zero-order valence-corrected chi connectivity index (χ0v) is 26.9. The summed E-state index contributed by atoms with van der Waals surface area (Å²) in [5.41, 5.74) is 7.79. The first-order valence-corrected chi connectivity index (χ1v) is 14.2. The van der Waals surface area contributed by atoms with Gasteiger partial charge in [-0.2, -0.15) is 0 Å². The van der Waals surface area contributed by atoms with Crippen molar-refractivity contribution in [3.63, 3.8) is 0 Å². The van der Waals surface area contributed by atoms with Gasteiger partial charge in [0.1, 0.15) is 0 Å². The Kier molecular flexibility index (Phi) is 7.45. The van der Waals surface area contributed by atoms with Crippen LogP contribution < -0.4 is 0 Å². The molecule has 0 bridgehead atoms. The van der Waals surface area contributed by atoms with Crippen LogP contribution in [0.3, 0.4) is 0 Å². The topological polar surface area (TPSA) is 56.2 Å². The molecule has 6 heteroatoms. The molecule has 5 aromatic heterocycles. The van der Waals surface area contributed by atoms with E-state index >= 15 is 0 Å². The number of fused-ring (bicyclic) bond motifs is 7. The van der Waals surface area contributed by atoms with Crippen LogP contribution in [0.5, 0.6) is 0 Å². The molecule has 0 atom stereocenters. The minimum Gasteiger partial charge on any atom is -0.472 e. The molecule has 5 heterocycles. The van der Waals surface area contributed by atoms with E-state index in [0.717, 1.165) is 61.1 Å². The Morgan fingerprint density at radius 2 is 1.68 bits per heavy atom. The van der Waals surface area contributed by atoms with Crippen LogP contribution in [-0.2, 0) is 26.5 Å². The average molecular weight is 753 g/mol. The number of furan rings is 1. The predicted molar refractivity (Wildman–Crippen MR) is 174 cm³/mol. The summed E-state index contributed by atoms with van der Waals surface area (Å²) in [5, 5.41) is 1.89. The van der Waals surface area contributed by atoms with Crippen molar-refractivity contribution < 1.29 is 27.3 Å². The Hall–Kier alpha value is -4.64. The van der Waals surface area contributed by atoms with Gasteiger partial charge in [-0.25, -0.2) is 4.98 Å². The maximum atomic E-state index is 8.53. The maximum Gasteiger partial charge on any atom is 0.181 e. The molecule has 0 saturated carbocycles. The maximum absolute atomic E-state index is 8.53. The summed E-state index contributed by atoms with van der Waals surface area (Å²) in [5.74, 6) is 0. The zero-order valence-electron chi connectivity index (χ0n) is 26.5. The minimum absolute atomic E-state index is 0. The van der Waals surface area contributed by atoms with Crippen LogP contribution in [0.4, 0.5) is 0 Å². The van der Waals surface area contributed by atoms with E-state index in [4.69, 9.17) is 12.1 Å². The number of imidazole rings is 1. The smallest absolute Gasteiger partial charge is 0.181 e. The fourth-order valence-electron chi connectivity index (χ4n) is 5.27. The van der Waals surface area contributed by atoms with Crippen molar-refractivity contribution in [2.45, 2.75) is 27.1 Å². The van der Waals surface area contributed by atoms with Gasteiger partial charge in [-0.1, -0.05) is 68.6 Å². The molecule has 0 amide bonds. The standard InChI is InChI=1S/C27H22N3O.C11H8N.Ir/c1-27(2,3)15-17-11-12-20(28-16-17)18-7-6-10-23-24(18)19-13-14-30-22-9-5-4-8-21(22)29-26(30)25(19)31-23;1-2-6-10(7-3-1)11-8-4-5-9-12-11;/h4-6,8-14,16H,15H2,1-3H3;1-6,8-9H;/q2*-1;/i15D2;;. The molecule has 5 nitrogen and oxygen atoms in total. The fraction of sp³-hybridized carbons (Fsp3) is 0.132. The second-order valence-corrected chi connectivity index (χ2v) is 11.3. The molecular formula is C38H30IrN4O-2. The largest absolute Gasteiger partial charge is 0.472 e. The average Bonchev–Trinajstić information content (AvgIpc) is 3.64. The SMILES string of the molecule is [2H]C([2H])(c1ccc(-c2[c-]ccc3oc4c(ccn5c6ccccc6nc45)c23)nc1)C(C)(C)C.[Ir].[c-]1ccccc1-c1ccccn1. The van der Waals surface area contributed by atoms with Gasteiger partial charge in [0.05, 0.1) is 16.6 Å². The van der Waals surface area contributed by atoms with E-state index in [2.05, 4.69) is 22.1 Å². The Morgan fingerprint density at radius 1 is 0.841 bits per heavy atom. The normalized spacial score (nSPS) is 12.4. The van der Waals surface area contributed by atoms with Gasteiger partial charge < -0.3 is 14.4 Å². The van der Waals surface area contributed by atoms with E-state index in [0.29, 0.717) is 5.56 Å². The summed E-state index contributed by atoms with van der Waals surface area (Å²) in [6.07, 6.45) is 3.95. The van der Waals surface area contributed by atoms with Crippen molar-refractivity contribution in [2.24, 2.45) is 5.41 Å². The Bertz CT molecular complexity index is 2240. The summed E-state index contributed by atoms with van der Waals surface area (Å²) in [7, 11) is 0. The number of aromatic nitrogens is 4. The third-order valence-corrected chi connectivity index (χ3v) is 7.06. The molecule has 0 spiro atoms. The van der Waals surface area contributed by atoms with Crippen LogP contribution >= 0.6 is 0 Å². The molecule has 8 aromatic rings. The molecule has 44 heavy (non-hydrogen) atoms. The van der Waals surface area contributed by atoms with Crippen LogP contribution in [0.1, 0.15) is 29.1 Å². The molecule has 219 valence electrons. The van der Waals surface area contributed by atoms with Gasteiger partial charge in [-0.3, -0.25) is 4.40 Å². The van der Waals surface area contributed by atoms with E-state index in [1.54, 1.807) is 12.4 Å². The second kappa shape index (κ2) is 12.2. The van der Waals surface area contributed by atoms with Gasteiger partial charge in [0.15, 0.2) is 11.2 Å². The monoisotopic (exact) mass is 753 g/mol. The number of benzene rings is 3. The molecule has 0 aliphatic rings. The number of para-hydroxylation sites is 2. The molecule has 0 aliphatic carbocycles. The summed E-state index contributed by atoms with van der Waals surface area (Å²) < 4.78 is 25.4. The quantitative estimate of drug-likeness (QED) is 0.169. The molecule has 3 aromatic carbocycles. The van der Waals surface area contributed by atoms with Crippen molar-refractivity contribution in [3.05, 3.63) is 133 Å². The number of nitrogens with zero attached hydrogens (tertiary/aromatic N) is 4. The summed E-state index contributed by atoms with van der Waals surface area (Å²) >= 11 is 0. The van der Waals surface area contributed by atoms with Crippen molar-refractivity contribution in [3.8, 4) is 22.5 Å². The molecule has 0 unspecified atom stereocenters. The summed E-state index contributed by atoms with van der Waals surface area (Å²) in [6, 6.07) is 37.7. The predicted octanol–water partition coefficient (Wildman–Crippen LogP) is 9.38. The summed E-state index contributed by atoms with van der Waals surface area (Å²) in [4.78, 5) is 13.7. The van der Waals surface area contributed by atoms with E-state index < -0.39 is 11.8 Å². The number of rotatable bonds is 3. The van der Waals surface area contributed by atoms with E-state index in [-0.39, 0.29) is 20.1 Å². The van der Waals surface area contributed by atoms with Crippen molar-refractivity contribution in [1.82, 2.24) is 19.4 Å². The Balaban J connectivity index is 0.000000241. The van der Waals surface area contributed by atoms with Crippen molar-refractivity contribution >= 4 is 38.6 Å². The van der Waals surface area contributed by atoms with E-state index in [9.17, 15) is 0 Å². The third-order valence-electron chi connectivity index (χ3n) is 7.06. The van der Waals surface area contributed by atoms with Crippen LogP contribution in [0, 0.1) is 17.5 Å². The van der Waals surface area contributed by atoms with Gasteiger partial charge in [-0.05, 0) is 58.4 Å². The van der Waals surface area contributed by atoms with Crippen molar-refractivity contribution in [1.29, 1.82) is 0 Å². The molecule has 8 rings (SSSR count). The van der Waals surface area contributed by atoms with Gasteiger partial charge in [0, 0.05) is 41.4 Å². The number of hydrogen-bond acceptors (Lipinski definition) is 4. The fourth-order valence-corrected chi connectivity index (χ4v) is 5.27. The van der Waals surface area contributed by atoms with Crippen LogP contribution in [0.25, 0.3) is 61.1 Å².